The molecular formula is C18H17BrF3N3O2. The number of nitrogens with one attached hydrogen (secondary N) is 1. The minimum Gasteiger partial charge on any atom is -0.324 e. The highest BCUT2D eigenvalue weighted by atomic mass is 79.9. The first kappa shape index (κ1) is 19.6. The number of alkyl halides is 3. The fourth-order valence-corrected chi connectivity index (χ4v) is 3.58. The number of Topliss-reactive ketones (excluding diaryl/α,β-unsaturated/α-hetero) is 1. The van der Waals surface area contributed by atoms with E-state index < -0.39 is 23.8 Å². The van der Waals surface area contributed by atoms with E-state index in [1.54, 1.807) is 24.3 Å². The van der Waals surface area contributed by atoms with Gasteiger partial charge in [0, 0.05) is 17.2 Å². The van der Waals surface area contributed by atoms with Crippen molar-refractivity contribution in [3.05, 3.63) is 45.7 Å². The van der Waals surface area contributed by atoms with Crippen molar-refractivity contribution in [2.75, 3.05) is 5.32 Å². The lowest BCUT2D eigenvalue weighted by Gasteiger charge is -2.16. The molecule has 1 fully saturated rings. The Balaban J connectivity index is 1.85. The third-order valence-corrected chi connectivity index (χ3v) is 5.21. The lowest BCUT2D eigenvalue weighted by Crippen LogP contribution is -2.26. The van der Waals surface area contributed by atoms with Crippen molar-refractivity contribution >= 4 is 33.3 Å². The molecule has 3 rings (SSSR count). The SMILES string of the molecule is CC(=O)c1ccc(NC(=O)C(C)n2nc(C(F)(F)F)c(Br)c2C2CC2)cc1. The van der Waals surface area contributed by atoms with Crippen LogP contribution in [0.1, 0.15) is 60.4 Å². The molecule has 1 heterocycles. The Kier molecular flexibility index (Phi) is 5.16. The molecule has 0 spiro atoms. The maximum atomic E-state index is 13.2. The maximum absolute atomic E-state index is 13.2. The summed E-state index contributed by atoms with van der Waals surface area (Å²) in [6.45, 7) is 2.94. The van der Waals surface area contributed by atoms with Gasteiger partial charge in [0.1, 0.15) is 6.04 Å². The Bertz CT molecular complexity index is 886. The second kappa shape index (κ2) is 7.10. The first-order valence-electron chi connectivity index (χ1n) is 8.36. The number of nitrogens with zero attached hydrogens (tertiary/aromatic N) is 2. The van der Waals surface area contributed by atoms with Gasteiger partial charge in [-0.1, -0.05) is 0 Å². The van der Waals surface area contributed by atoms with Gasteiger partial charge in [0.25, 0.3) is 0 Å². The molecule has 2 aromatic rings. The Morgan fingerprint density at radius 3 is 2.33 bits per heavy atom. The Hall–Kier alpha value is -2.16. The number of amides is 1. The number of hydrogen-bond donors (Lipinski definition) is 1. The summed E-state index contributed by atoms with van der Waals surface area (Å²) in [4.78, 5) is 23.9. The van der Waals surface area contributed by atoms with Crippen LogP contribution in [0.4, 0.5) is 18.9 Å². The number of aromatic nitrogens is 2. The van der Waals surface area contributed by atoms with E-state index in [1.807, 2.05) is 0 Å². The van der Waals surface area contributed by atoms with E-state index >= 15 is 0 Å². The predicted molar refractivity (Wildman–Crippen MR) is 96.7 cm³/mol. The second-order valence-corrected chi connectivity index (χ2v) is 7.36. The normalized spacial score (nSPS) is 15.5. The topological polar surface area (TPSA) is 64.0 Å². The number of anilines is 1. The molecule has 5 nitrogen and oxygen atoms in total. The highest BCUT2D eigenvalue weighted by Crippen LogP contribution is 2.47. The lowest BCUT2D eigenvalue weighted by atomic mass is 10.1. The van der Waals surface area contributed by atoms with Gasteiger partial charge in [-0.2, -0.15) is 18.3 Å². The molecule has 1 amide bonds. The van der Waals surface area contributed by atoms with Gasteiger partial charge < -0.3 is 5.32 Å². The van der Waals surface area contributed by atoms with Crippen LogP contribution in [0.15, 0.2) is 28.7 Å². The molecule has 9 heteroatoms. The summed E-state index contributed by atoms with van der Waals surface area (Å²) in [5.41, 5.74) is 0.335. The van der Waals surface area contributed by atoms with Gasteiger partial charge in [0.2, 0.25) is 5.91 Å². The summed E-state index contributed by atoms with van der Waals surface area (Å²) in [6, 6.07) is 5.36. The molecular weight excluding hydrogens is 427 g/mol. The van der Waals surface area contributed by atoms with Gasteiger partial charge >= 0.3 is 6.18 Å². The van der Waals surface area contributed by atoms with Gasteiger partial charge in [0.05, 0.1) is 10.2 Å². The van der Waals surface area contributed by atoms with E-state index in [1.165, 1.54) is 13.8 Å². The van der Waals surface area contributed by atoms with Crippen molar-refractivity contribution in [1.82, 2.24) is 9.78 Å². The van der Waals surface area contributed by atoms with Crippen LogP contribution in [0.2, 0.25) is 0 Å². The van der Waals surface area contributed by atoms with Gasteiger partial charge in [-0.15, -0.1) is 0 Å². The molecule has 0 bridgehead atoms. The summed E-state index contributed by atoms with van der Waals surface area (Å²) in [5, 5.41) is 6.33. The maximum Gasteiger partial charge on any atom is 0.436 e. The smallest absolute Gasteiger partial charge is 0.324 e. The van der Waals surface area contributed by atoms with E-state index in [0.717, 1.165) is 17.5 Å². The highest BCUT2D eigenvalue weighted by Gasteiger charge is 2.43. The van der Waals surface area contributed by atoms with Crippen LogP contribution in [0, 0.1) is 0 Å². The molecule has 0 radical (unpaired) electrons. The van der Waals surface area contributed by atoms with E-state index in [0.29, 0.717) is 16.9 Å². The summed E-state index contributed by atoms with van der Waals surface area (Å²) >= 11 is 3.02. The molecule has 1 N–H and O–H groups in total. The minimum absolute atomic E-state index is 0.0342. The van der Waals surface area contributed by atoms with Crippen LogP contribution >= 0.6 is 15.9 Å². The monoisotopic (exact) mass is 443 g/mol. The first-order valence-corrected chi connectivity index (χ1v) is 9.16. The fourth-order valence-electron chi connectivity index (χ4n) is 2.77. The average molecular weight is 444 g/mol. The van der Waals surface area contributed by atoms with Gasteiger partial charge in [-0.05, 0) is 66.9 Å². The van der Waals surface area contributed by atoms with E-state index in [9.17, 15) is 22.8 Å². The van der Waals surface area contributed by atoms with Crippen LogP contribution in [-0.2, 0) is 11.0 Å². The summed E-state index contributed by atoms with van der Waals surface area (Å²) < 4.78 is 40.7. The zero-order chi connectivity index (χ0) is 19.9. The largest absolute Gasteiger partial charge is 0.436 e. The quantitative estimate of drug-likeness (QED) is 0.665. The molecule has 1 aliphatic carbocycles. The van der Waals surface area contributed by atoms with Crippen LogP contribution < -0.4 is 5.32 Å². The van der Waals surface area contributed by atoms with E-state index in [2.05, 4.69) is 26.3 Å². The minimum atomic E-state index is -4.60. The molecule has 1 saturated carbocycles. The van der Waals surface area contributed by atoms with Crippen molar-refractivity contribution < 1.29 is 22.8 Å². The average Bonchev–Trinajstić information content (AvgIpc) is 3.36. The molecule has 144 valence electrons. The fraction of sp³-hybridized carbons (Fsp3) is 0.389. The van der Waals surface area contributed by atoms with Crippen LogP contribution in [0.25, 0.3) is 0 Å². The number of benzene rings is 1. The Labute approximate surface area is 162 Å². The number of hydrogen-bond acceptors (Lipinski definition) is 3. The predicted octanol–water partition coefficient (Wildman–Crippen LogP) is 4.94. The van der Waals surface area contributed by atoms with Crippen molar-refractivity contribution in [1.29, 1.82) is 0 Å². The van der Waals surface area contributed by atoms with Gasteiger partial charge in [-0.3, -0.25) is 14.3 Å². The van der Waals surface area contributed by atoms with Gasteiger partial charge in [0.15, 0.2) is 11.5 Å². The summed E-state index contributed by atoms with van der Waals surface area (Å²) in [7, 11) is 0. The zero-order valence-electron chi connectivity index (χ0n) is 14.6. The molecule has 1 aromatic carbocycles. The van der Waals surface area contributed by atoms with Gasteiger partial charge in [-0.25, -0.2) is 0 Å². The molecule has 1 aromatic heterocycles. The first-order chi connectivity index (χ1) is 12.6. The van der Waals surface area contributed by atoms with Crippen LogP contribution in [0.3, 0.4) is 0 Å². The lowest BCUT2D eigenvalue weighted by molar-refractivity contribution is -0.142. The molecule has 1 unspecified atom stereocenters. The molecule has 1 atom stereocenters. The van der Waals surface area contributed by atoms with E-state index in [4.69, 9.17) is 0 Å². The second-order valence-electron chi connectivity index (χ2n) is 6.56. The van der Waals surface area contributed by atoms with Crippen molar-refractivity contribution in [2.24, 2.45) is 0 Å². The van der Waals surface area contributed by atoms with Crippen LogP contribution in [0.5, 0.6) is 0 Å². The Morgan fingerprint density at radius 1 is 1.26 bits per heavy atom. The molecule has 1 aliphatic rings. The number of ketones is 1. The third kappa shape index (κ3) is 4.07. The van der Waals surface area contributed by atoms with Crippen molar-refractivity contribution in [3.63, 3.8) is 0 Å². The number of carbonyl (C=O) groups excluding carboxylic acids is 2. The number of rotatable bonds is 5. The Morgan fingerprint density at radius 2 is 1.85 bits per heavy atom. The molecule has 27 heavy (non-hydrogen) atoms. The van der Waals surface area contributed by atoms with Crippen LogP contribution in [-0.4, -0.2) is 21.5 Å². The van der Waals surface area contributed by atoms with E-state index in [-0.39, 0.29) is 16.2 Å². The third-order valence-electron chi connectivity index (χ3n) is 4.43. The van der Waals surface area contributed by atoms with Crippen molar-refractivity contribution in [3.8, 4) is 0 Å². The molecule has 0 aliphatic heterocycles. The zero-order valence-corrected chi connectivity index (χ0v) is 16.2. The summed E-state index contributed by atoms with van der Waals surface area (Å²) in [5.74, 6) is -0.624. The summed E-state index contributed by atoms with van der Waals surface area (Å²) in [6.07, 6.45) is -3.07. The highest BCUT2D eigenvalue weighted by molar-refractivity contribution is 9.10. The standard InChI is InChI=1S/C18H17BrF3N3O2/c1-9(17(27)23-13-7-5-11(6-8-13)10(2)26)25-15(12-3-4-12)14(19)16(24-25)18(20,21)22/h5-9,12H,3-4H2,1-2H3,(H,23,27). The molecule has 0 saturated heterocycles. The van der Waals surface area contributed by atoms with Crippen molar-refractivity contribution in [2.45, 2.75) is 44.8 Å². The number of halogens is 4. The number of carbonyl (C=O) groups is 2.